The van der Waals surface area contributed by atoms with Crippen molar-refractivity contribution >= 4 is 17.2 Å². The molecule has 2 heterocycles. The zero-order valence-electron chi connectivity index (χ0n) is 18.8. The fourth-order valence-electron chi connectivity index (χ4n) is 4.52. The van der Waals surface area contributed by atoms with Crippen LogP contribution in [-0.4, -0.2) is 41.3 Å². The number of nitrogens with one attached hydrogen (secondary N) is 2. The van der Waals surface area contributed by atoms with Gasteiger partial charge in [0.2, 0.25) is 0 Å². The van der Waals surface area contributed by atoms with Gasteiger partial charge in [0.25, 0.3) is 5.91 Å². The number of carbonyl (C=O) groups is 1. The van der Waals surface area contributed by atoms with E-state index in [4.69, 9.17) is 10.1 Å². The van der Waals surface area contributed by atoms with Crippen molar-refractivity contribution < 1.29 is 13.9 Å². The molecular formula is C25H29FN4O2. The van der Waals surface area contributed by atoms with Crippen LogP contribution in [0, 0.1) is 18.2 Å². The molecule has 1 aromatic carbocycles. The van der Waals surface area contributed by atoms with Crippen LogP contribution in [-0.2, 0) is 6.42 Å². The van der Waals surface area contributed by atoms with Gasteiger partial charge >= 0.3 is 0 Å². The molecular weight excluding hydrogens is 407 g/mol. The van der Waals surface area contributed by atoms with Crippen molar-refractivity contribution in [3.63, 3.8) is 0 Å². The Morgan fingerprint density at radius 2 is 2.12 bits per heavy atom. The smallest absolute Gasteiger partial charge is 0.260 e. The lowest BCUT2D eigenvalue weighted by molar-refractivity contribution is 0.0377. The van der Waals surface area contributed by atoms with E-state index < -0.39 is 5.82 Å². The van der Waals surface area contributed by atoms with Gasteiger partial charge in [-0.3, -0.25) is 9.78 Å². The summed E-state index contributed by atoms with van der Waals surface area (Å²) in [7, 11) is 1.78. The molecule has 0 radical (unpaired) electrons. The molecule has 0 saturated heterocycles. The highest BCUT2D eigenvalue weighted by atomic mass is 19.1. The average molecular weight is 437 g/mol. The third kappa shape index (κ3) is 4.11. The minimum atomic E-state index is -0.458. The molecule has 1 fully saturated rings. The lowest BCUT2D eigenvalue weighted by atomic mass is 9.96. The first-order valence-corrected chi connectivity index (χ1v) is 11.0. The predicted molar refractivity (Wildman–Crippen MR) is 123 cm³/mol. The van der Waals surface area contributed by atoms with Crippen molar-refractivity contribution in [2.45, 2.75) is 52.0 Å². The molecule has 2 N–H and O–H groups in total. The molecule has 2 aromatic rings. The Morgan fingerprint density at radius 3 is 2.75 bits per heavy atom. The zero-order valence-corrected chi connectivity index (χ0v) is 18.8. The molecule has 1 amide bonds. The minimum Gasteiger partial charge on any atom is -0.469 e. The maximum absolute atomic E-state index is 15.1. The number of hydrogen-bond acceptors (Lipinski definition) is 5. The standard InChI is InChI=1S/C25H29FN4O2/c1-15-18(10-17-8-9-22(29-12-17)21(13-28-3)16(2)27)11-20-24(23(15)26)32-14-30(25(20)31)19-6-4-5-7-19/h8-9,11-13,19,27-28H,4-7,10,14H2,1-3H3/b21-13+,27-16?. The number of carbonyl (C=O) groups excluding carboxylic acids is 1. The average Bonchev–Trinajstić information content (AvgIpc) is 3.31. The maximum Gasteiger partial charge on any atom is 0.260 e. The molecule has 1 aliphatic carbocycles. The van der Waals surface area contributed by atoms with Gasteiger partial charge in [-0.1, -0.05) is 18.9 Å². The monoisotopic (exact) mass is 436 g/mol. The molecule has 2 aliphatic rings. The topological polar surface area (TPSA) is 78.3 Å². The second kappa shape index (κ2) is 9.10. The van der Waals surface area contributed by atoms with E-state index in [0.29, 0.717) is 34.5 Å². The lowest BCUT2D eigenvalue weighted by Gasteiger charge is -2.34. The number of halogens is 1. The Bertz CT molecular complexity index is 1070. The van der Waals surface area contributed by atoms with Gasteiger partial charge < -0.3 is 20.4 Å². The molecule has 4 rings (SSSR count). The van der Waals surface area contributed by atoms with E-state index in [1.165, 1.54) is 0 Å². The minimum absolute atomic E-state index is 0.0715. The number of hydrogen-bond donors (Lipinski definition) is 2. The highest BCUT2D eigenvalue weighted by Crippen LogP contribution is 2.36. The predicted octanol–water partition coefficient (Wildman–Crippen LogP) is 4.45. The highest BCUT2D eigenvalue weighted by Gasteiger charge is 2.35. The maximum atomic E-state index is 15.1. The molecule has 1 saturated carbocycles. The molecule has 6 nitrogen and oxygen atoms in total. The Labute approximate surface area is 188 Å². The van der Waals surface area contributed by atoms with Crippen molar-refractivity contribution in [1.29, 1.82) is 5.41 Å². The molecule has 168 valence electrons. The summed E-state index contributed by atoms with van der Waals surface area (Å²) in [5, 5.41) is 10.9. The van der Waals surface area contributed by atoms with Gasteiger partial charge in [0, 0.05) is 36.8 Å². The molecule has 0 spiro atoms. The second-order valence-corrected chi connectivity index (χ2v) is 8.54. The van der Waals surface area contributed by atoms with Crippen LogP contribution in [0.25, 0.3) is 5.57 Å². The Balaban J connectivity index is 1.61. The SMILES string of the molecule is CN/C=C(\C(C)=N)c1ccc(Cc2cc3c(c(F)c2C)OCN(C2CCCC2)C3=O)cn1. The number of nitrogens with zero attached hydrogens (tertiary/aromatic N) is 2. The summed E-state index contributed by atoms with van der Waals surface area (Å²) >= 11 is 0. The molecule has 0 atom stereocenters. The third-order valence-corrected chi connectivity index (χ3v) is 6.37. The second-order valence-electron chi connectivity index (χ2n) is 8.54. The lowest BCUT2D eigenvalue weighted by Crippen LogP contribution is -2.44. The first kappa shape index (κ1) is 22.0. The van der Waals surface area contributed by atoms with Crippen molar-refractivity contribution in [2.75, 3.05) is 13.8 Å². The van der Waals surface area contributed by atoms with Gasteiger partial charge in [0.1, 0.15) is 0 Å². The van der Waals surface area contributed by atoms with Crippen LogP contribution in [0.2, 0.25) is 0 Å². The van der Waals surface area contributed by atoms with Crippen LogP contribution in [0.4, 0.5) is 4.39 Å². The molecule has 1 aliphatic heterocycles. The summed E-state index contributed by atoms with van der Waals surface area (Å²) in [4.78, 5) is 19.4. The Morgan fingerprint density at radius 1 is 1.38 bits per heavy atom. The highest BCUT2D eigenvalue weighted by molar-refractivity contribution is 6.20. The van der Waals surface area contributed by atoms with Crippen LogP contribution in [0.3, 0.4) is 0 Å². The normalized spacial score (nSPS) is 16.7. The first-order valence-electron chi connectivity index (χ1n) is 11.0. The number of pyridine rings is 1. The van der Waals surface area contributed by atoms with E-state index in [1.807, 2.05) is 12.1 Å². The van der Waals surface area contributed by atoms with Crippen molar-refractivity contribution in [3.8, 4) is 5.75 Å². The van der Waals surface area contributed by atoms with Gasteiger partial charge in [-0.15, -0.1) is 0 Å². The quantitative estimate of drug-likeness (QED) is 0.656. The Kier molecular flexibility index (Phi) is 6.26. The molecule has 7 heteroatoms. The molecule has 32 heavy (non-hydrogen) atoms. The van der Waals surface area contributed by atoms with Crippen LogP contribution in [0.5, 0.6) is 5.75 Å². The number of rotatable bonds is 6. The van der Waals surface area contributed by atoms with Crippen LogP contribution < -0.4 is 10.1 Å². The summed E-state index contributed by atoms with van der Waals surface area (Å²) in [5.41, 5.74) is 4.27. The third-order valence-electron chi connectivity index (χ3n) is 6.37. The largest absolute Gasteiger partial charge is 0.469 e. The number of ether oxygens (including phenoxy) is 1. The van der Waals surface area contributed by atoms with E-state index >= 15 is 4.39 Å². The summed E-state index contributed by atoms with van der Waals surface area (Å²) in [6.45, 7) is 3.55. The van der Waals surface area contributed by atoms with Crippen LogP contribution >= 0.6 is 0 Å². The van der Waals surface area contributed by atoms with Crippen molar-refractivity contribution in [3.05, 3.63) is 64.4 Å². The number of benzene rings is 1. The van der Waals surface area contributed by atoms with E-state index in [2.05, 4.69) is 10.3 Å². The van der Waals surface area contributed by atoms with Gasteiger partial charge in [0.15, 0.2) is 18.3 Å². The van der Waals surface area contributed by atoms with E-state index in [-0.39, 0.29) is 24.4 Å². The summed E-state index contributed by atoms with van der Waals surface area (Å²) in [6.07, 6.45) is 8.11. The Hall–Kier alpha value is -3.22. The molecule has 0 unspecified atom stereocenters. The number of allylic oxidation sites excluding steroid dienone is 1. The van der Waals surface area contributed by atoms with Gasteiger partial charge in [-0.25, -0.2) is 4.39 Å². The fraction of sp³-hybridized carbons (Fsp3) is 0.400. The fourth-order valence-corrected chi connectivity index (χ4v) is 4.52. The van der Waals surface area contributed by atoms with Crippen LogP contribution in [0.15, 0.2) is 30.6 Å². The van der Waals surface area contributed by atoms with Gasteiger partial charge in [-0.05, 0) is 61.9 Å². The zero-order chi connectivity index (χ0) is 22.8. The van der Waals surface area contributed by atoms with Gasteiger partial charge in [0.05, 0.1) is 11.3 Å². The van der Waals surface area contributed by atoms with E-state index in [1.54, 1.807) is 44.3 Å². The number of fused-ring (bicyclic) bond motifs is 1. The number of amides is 1. The summed E-state index contributed by atoms with van der Waals surface area (Å²) in [5.74, 6) is -0.530. The van der Waals surface area contributed by atoms with E-state index in [0.717, 1.165) is 36.8 Å². The van der Waals surface area contributed by atoms with Crippen LogP contribution in [0.1, 0.15) is 65.3 Å². The first-order chi connectivity index (χ1) is 15.4. The van der Waals surface area contributed by atoms with Gasteiger partial charge in [-0.2, -0.15) is 0 Å². The van der Waals surface area contributed by atoms with Crippen molar-refractivity contribution in [1.82, 2.24) is 15.2 Å². The summed E-state index contributed by atoms with van der Waals surface area (Å²) < 4.78 is 20.8. The number of aromatic nitrogens is 1. The summed E-state index contributed by atoms with van der Waals surface area (Å²) in [6, 6.07) is 5.74. The molecule has 1 aromatic heterocycles. The molecule has 0 bridgehead atoms. The van der Waals surface area contributed by atoms with E-state index in [9.17, 15) is 4.79 Å². The van der Waals surface area contributed by atoms with Crippen molar-refractivity contribution in [2.24, 2.45) is 0 Å².